The van der Waals surface area contributed by atoms with Gasteiger partial charge >= 0.3 is 0 Å². The number of halogens is 1. The fourth-order valence-electron chi connectivity index (χ4n) is 0.806. The molecule has 0 saturated carbocycles. The Hall–Kier alpha value is -0.630. The molecule has 0 N–H and O–H groups in total. The van der Waals surface area contributed by atoms with Gasteiger partial charge in [-0.2, -0.15) is 0 Å². The molecule has 0 aliphatic heterocycles. The largest absolute Gasteiger partial charge is 0.299 e. The van der Waals surface area contributed by atoms with Crippen molar-refractivity contribution >= 4 is 23.2 Å². The average Bonchev–Trinajstić information content (AvgIpc) is 1.87. The van der Waals surface area contributed by atoms with Gasteiger partial charge in [0, 0.05) is 5.54 Å². The fraction of sp³-hybridized carbons (Fsp3) is 0.500. The van der Waals surface area contributed by atoms with Crippen molar-refractivity contribution in [1.82, 2.24) is 0 Å². The number of allylic oxidation sites excluding steroid dienone is 1. The van der Waals surface area contributed by atoms with Crippen LogP contribution in [0.2, 0.25) is 0 Å². The van der Waals surface area contributed by atoms with E-state index in [1.165, 1.54) is 19.4 Å². The Kier molecular flexibility index (Phi) is 4.79. The Labute approximate surface area is 71.2 Å². The normalized spacial score (nSPS) is 10.9. The molecular formula is C8H11ClO2. The first-order valence-corrected chi connectivity index (χ1v) is 3.79. The quantitative estimate of drug-likeness (QED) is 0.611. The third-order valence-electron chi connectivity index (χ3n) is 1.44. The molecule has 0 aromatic rings. The summed E-state index contributed by atoms with van der Waals surface area (Å²) in [7, 11) is 0. The van der Waals surface area contributed by atoms with Crippen LogP contribution < -0.4 is 0 Å². The van der Waals surface area contributed by atoms with E-state index in [2.05, 4.69) is 0 Å². The van der Waals surface area contributed by atoms with Gasteiger partial charge < -0.3 is 0 Å². The average molecular weight is 175 g/mol. The predicted octanol–water partition coefficient (Wildman–Crippen LogP) is 1.92. The van der Waals surface area contributed by atoms with Gasteiger partial charge in [0.25, 0.3) is 0 Å². The Morgan fingerprint density at radius 2 is 1.82 bits per heavy atom. The van der Waals surface area contributed by atoms with Gasteiger partial charge in [0.05, 0.1) is 5.92 Å². The minimum atomic E-state index is -0.509. The molecule has 0 bridgehead atoms. The van der Waals surface area contributed by atoms with E-state index >= 15 is 0 Å². The SMILES string of the molecule is CC(=O)C(C/C=C/Cl)C(C)=O. The highest BCUT2D eigenvalue weighted by molar-refractivity contribution is 6.25. The molecule has 62 valence electrons. The summed E-state index contributed by atoms with van der Waals surface area (Å²) >= 11 is 5.25. The molecule has 0 aromatic heterocycles. The van der Waals surface area contributed by atoms with Crippen molar-refractivity contribution in [3.63, 3.8) is 0 Å². The van der Waals surface area contributed by atoms with Crippen molar-refractivity contribution in [3.8, 4) is 0 Å². The number of carbonyl (C=O) groups excluding carboxylic acids is 2. The van der Waals surface area contributed by atoms with Gasteiger partial charge in [0.2, 0.25) is 0 Å². The maximum atomic E-state index is 10.8. The Bertz CT molecular complexity index is 171. The smallest absolute Gasteiger partial charge is 0.140 e. The molecule has 0 unspecified atom stereocenters. The molecule has 0 saturated heterocycles. The van der Waals surface area contributed by atoms with Crippen LogP contribution in [0.5, 0.6) is 0 Å². The van der Waals surface area contributed by atoms with Crippen molar-refractivity contribution in [2.75, 3.05) is 0 Å². The zero-order valence-corrected chi connectivity index (χ0v) is 7.39. The lowest BCUT2D eigenvalue weighted by Crippen LogP contribution is -2.18. The third kappa shape index (κ3) is 3.94. The van der Waals surface area contributed by atoms with Crippen molar-refractivity contribution in [2.45, 2.75) is 20.3 Å². The number of hydrogen-bond acceptors (Lipinski definition) is 2. The standard InChI is InChI=1S/C8H11ClO2/c1-6(10)8(7(2)11)4-3-5-9/h3,5,8H,4H2,1-2H3/b5-3+. The maximum absolute atomic E-state index is 10.8. The minimum Gasteiger partial charge on any atom is -0.299 e. The molecule has 2 nitrogen and oxygen atoms in total. The molecule has 0 rings (SSSR count). The second-order valence-electron chi connectivity index (χ2n) is 2.37. The summed E-state index contributed by atoms with van der Waals surface area (Å²) in [4.78, 5) is 21.6. The van der Waals surface area contributed by atoms with Gasteiger partial charge in [0.1, 0.15) is 11.6 Å². The van der Waals surface area contributed by atoms with Gasteiger partial charge in [-0.25, -0.2) is 0 Å². The van der Waals surface area contributed by atoms with E-state index in [-0.39, 0.29) is 11.6 Å². The molecule has 3 heteroatoms. The van der Waals surface area contributed by atoms with Gasteiger partial charge in [-0.05, 0) is 20.3 Å². The molecule has 0 aliphatic carbocycles. The van der Waals surface area contributed by atoms with E-state index in [0.29, 0.717) is 6.42 Å². The summed E-state index contributed by atoms with van der Waals surface area (Å²) in [6, 6.07) is 0. The van der Waals surface area contributed by atoms with Crippen molar-refractivity contribution in [3.05, 3.63) is 11.6 Å². The lowest BCUT2D eigenvalue weighted by atomic mass is 9.97. The first-order chi connectivity index (χ1) is 5.09. The molecule has 0 atom stereocenters. The van der Waals surface area contributed by atoms with Crippen LogP contribution in [-0.4, -0.2) is 11.6 Å². The van der Waals surface area contributed by atoms with Crippen LogP contribution in [0, 0.1) is 5.92 Å². The van der Waals surface area contributed by atoms with E-state index in [9.17, 15) is 9.59 Å². The minimum absolute atomic E-state index is 0.104. The Morgan fingerprint density at radius 1 is 1.36 bits per heavy atom. The molecule has 0 fully saturated rings. The number of hydrogen-bond donors (Lipinski definition) is 0. The first kappa shape index (κ1) is 10.4. The molecule has 11 heavy (non-hydrogen) atoms. The molecule has 0 aliphatic rings. The van der Waals surface area contributed by atoms with Crippen molar-refractivity contribution in [2.24, 2.45) is 5.92 Å². The molecule has 0 heterocycles. The second-order valence-corrected chi connectivity index (χ2v) is 2.62. The predicted molar refractivity (Wildman–Crippen MR) is 44.5 cm³/mol. The molecule has 0 amide bonds. The van der Waals surface area contributed by atoms with Crippen LogP contribution in [0.15, 0.2) is 11.6 Å². The second kappa shape index (κ2) is 5.08. The fourth-order valence-corrected chi connectivity index (χ4v) is 0.909. The third-order valence-corrected chi connectivity index (χ3v) is 1.62. The zero-order chi connectivity index (χ0) is 8.85. The summed E-state index contributed by atoms with van der Waals surface area (Å²) < 4.78 is 0. The van der Waals surface area contributed by atoms with Crippen LogP contribution >= 0.6 is 11.6 Å². The molecular weight excluding hydrogens is 164 g/mol. The number of Topliss-reactive ketones (excluding diaryl/α,β-unsaturated/α-hetero) is 2. The Balaban J connectivity index is 4.12. The van der Waals surface area contributed by atoms with Gasteiger partial charge in [-0.15, -0.1) is 0 Å². The monoisotopic (exact) mass is 174 g/mol. The molecule has 0 radical (unpaired) electrons. The Morgan fingerprint density at radius 3 is 2.09 bits per heavy atom. The van der Waals surface area contributed by atoms with Crippen LogP contribution in [0.3, 0.4) is 0 Å². The van der Waals surface area contributed by atoms with Crippen LogP contribution in [0.1, 0.15) is 20.3 Å². The summed E-state index contributed by atoms with van der Waals surface area (Å²) in [6.45, 7) is 2.82. The van der Waals surface area contributed by atoms with E-state index in [4.69, 9.17) is 11.6 Å². The molecule has 0 aromatic carbocycles. The maximum Gasteiger partial charge on any atom is 0.140 e. The number of rotatable bonds is 4. The van der Waals surface area contributed by atoms with Gasteiger partial charge in [-0.1, -0.05) is 17.7 Å². The summed E-state index contributed by atoms with van der Waals surface area (Å²) in [5.74, 6) is -0.718. The van der Waals surface area contributed by atoms with Crippen LogP contribution in [0.25, 0.3) is 0 Å². The van der Waals surface area contributed by atoms with Crippen LogP contribution in [-0.2, 0) is 9.59 Å². The summed E-state index contributed by atoms with van der Waals surface area (Å²) in [6.07, 6.45) is 2.02. The summed E-state index contributed by atoms with van der Waals surface area (Å²) in [5.41, 5.74) is 1.32. The first-order valence-electron chi connectivity index (χ1n) is 3.35. The highest BCUT2D eigenvalue weighted by Crippen LogP contribution is 2.07. The highest BCUT2D eigenvalue weighted by Gasteiger charge is 2.16. The van der Waals surface area contributed by atoms with Crippen molar-refractivity contribution in [1.29, 1.82) is 0 Å². The van der Waals surface area contributed by atoms with Gasteiger partial charge in [-0.3, -0.25) is 9.59 Å². The van der Waals surface area contributed by atoms with Crippen molar-refractivity contribution < 1.29 is 9.59 Å². The molecule has 0 spiro atoms. The van der Waals surface area contributed by atoms with E-state index in [0.717, 1.165) is 0 Å². The number of carbonyl (C=O) groups is 2. The van der Waals surface area contributed by atoms with E-state index < -0.39 is 5.92 Å². The van der Waals surface area contributed by atoms with E-state index in [1.807, 2.05) is 0 Å². The lowest BCUT2D eigenvalue weighted by molar-refractivity contribution is -0.130. The van der Waals surface area contributed by atoms with E-state index in [1.54, 1.807) is 6.08 Å². The summed E-state index contributed by atoms with van der Waals surface area (Å²) in [5, 5.41) is 0. The number of ketones is 2. The topological polar surface area (TPSA) is 34.1 Å². The van der Waals surface area contributed by atoms with Gasteiger partial charge in [0.15, 0.2) is 0 Å². The zero-order valence-electron chi connectivity index (χ0n) is 6.63. The highest BCUT2D eigenvalue weighted by atomic mass is 35.5. The lowest BCUT2D eigenvalue weighted by Gasteiger charge is -2.04. The van der Waals surface area contributed by atoms with Crippen LogP contribution in [0.4, 0.5) is 0 Å².